The van der Waals surface area contributed by atoms with Crippen molar-refractivity contribution in [2.24, 2.45) is 0 Å². The molecule has 0 unspecified atom stereocenters. The predicted octanol–water partition coefficient (Wildman–Crippen LogP) is 6.22. The van der Waals surface area contributed by atoms with Gasteiger partial charge in [0.25, 0.3) is 0 Å². The Balaban J connectivity index is 1.49. The van der Waals surface area contributed by atoms with Crippen LogP contribution in [0.1, 0.15) is 32.6 Å². The first-order chi connectivity index (χ1) is 20.1. The van der Waals surface area contributed by atoms with Gasteiger partial charge in [0.05, 0.1) is 25.9 Å². The summed E-state index contributed by atoms with van der Waals surface area (Å²) in [4.78, 5) is 13.9. The van der Waals surface area contributed by atoms with E-state index in [1.807, 2.05) is 110 Å². The number of carbonyl (C=O) groups is 1. The van der Waals surface area contributed by atoms with Crippen LogP contribution in [0.25, 0.3) is 0 Å². The number of ether oxygens (including phenoxy) is 4. The van der Waals surface area contributed by atoms with E-state index >= 15 is 0 Å². The van der Waals surface area contributed by atoms with Gasteiger partial charge in [-0.15, -0.1) is 0 Å². The maximum atomic E-state index is 13.9. The van der Waals surface area contributed by atoms with Crippen molar-refractivity contribution in [1.82, 2.24) is 0 Å². The van der Waals surface area contributed by atoms with Crippen molar-refractivity contribution >= 4 is 5.78 Å². The van der Waals surface area contributed by atoms with E-state index in [0.29, 0.717) is 5.56 Å². The molecule has 1 aliphatic rings. The standard InChI is InChI=1S/C35H33NO5/c1-25-17-19-29(20-18-25)31(37)33-35(40-24-28-15-9-4-10-16-28)34(39-23-27-13-7-3-8-14-27)32(30(21-36)41-33)38-22-26-11-5-2-6-12-26/h2-20,30,32-35H,22-24H2,1H3/t30-,32+,33-,34-,35-/m1/s1. The zero-order valence-corrected chi connectivity index (χ0v) is 23.0. The van der Waals surface area contributed by atoms with Crippen molar-refractivity contribution < 1.29 is 23.7 Å². The second-order valence-corrected chi connectivity index (χ2v) is 10.1. The van der Waals surface area contributed by atoms with Gasteiger partial charge in [-0.25, -0.2) is 0 Å². The van der Waals surface area contributed by atoms with E-state index in [2.05, 4.69) is 6.07 Å². The van der Waals surface area contributed by atoms with Crippen LogP contribution in [-0.2, 0) is 38.8 Å². The quantitative estimate of drug-likeness (QED) is 0.207. The van der Waals surface area contributed by atoms with Crippen LogP contribution in [0.4, 0.5) is 0 Å². The lowest BCUT2D eigenvalue weighted by atomic mass is 9.90. The Morgan fingerprint density at radius 1 is 0.659 bits per heavy atom. The van der Waals surface area contributed by atoms with Crippen molar-refractivity contribution in [1.29, 1.82) is 5.26 Å². The van der Waals surface area contributed by atoms with Crippen molar-refractivity contribution in [2.45, 2.75) is 57.3 Å². The SMILES string of the molecule is Cc1ccc(C(=O)[C@H]2O[C@H](C#N)[C@H](OCc3ccccc3)[C@@H](OCc3ccccc3)[C@@H]2OCc2ccccc2)cc1. The molecule has 0 aromatic heterocycles. The Labute approximate surface area is 241 Å². The van der Waals surface area contributed by atoms with Crippen LogP contribution < -0.4 is 0 Å². The molecule has 5 rings (SSSR count). The zero-order chi connectivity index (χ0) is 28.4. The van der Waals surface area contributed by atoms with Crippen molar-refractivity contribution in [3.05, 3.63) is 143 Å². The van der Waals surface area contributed by atoms with Crippen LogP contribution >= 0.6 is 0 Å². The molecule has 0 spiro atoms. The number of aryl methyl sites for hydroxylation is 1. The lowest BCUT2D eigenvalue weighted by Crippen LogP contribution is -2.61. The van der Waals surface area contributed by atoms with Crippen molar-refractivity contribution in [3.63, 3.8) is 0 Å². The average Bonchev–Trinajstić information content (AvgIpc) is 3.03. The molecule has 1 fully saturated rings. The summed E-state index contributed by atoms with van der Waals surface area (Å²) >= 11 is 0. The number of rotatable bonds is 11. The largest absolute Gasteiger partial charge is 0.368 e. The van der Waals surface area contributed by atoms with E-state index in [1.54, 1.807) is 12.1 Å². The van der Waals surface area contributed by atoms with Crippen LogP contribution in [0.2, 0.25) is 0 Å². The first kappa shape index (κ1) is 28.4. The molecule has 0 radical (unpaired) electrons. The topological polar surface area (TPSA) is 77.8 Å². The Morgan fingerprint density at radius 2 is 1.10 bits per heavy atom. The van der Waals surface area contributed by atoms with Gasteiger partial charge in [0.15, 0.2) is 18.0 Å². The van der Waals surface area contributed by atoms with Gasteiger partial charge in [0, 0.05) is 5.56 Å². The van der Waals surface area contributed by atoms with E-state index in [-0.39, 0.29) is 25.6 Å². The summed E-state index contributed by atoms with van der Waals surface area (Å²) in [7, 11) is 0. The highest BCUT2D eigenvalue weighted by Gasteiger charge is 2.51. The fourth-order valence-electron chi connectivity index (χ4n) is 4.90. The van der Waals surface area contributed by atoms with Crippen LogP contribution in [0.3, 0.4) is 0 Å². The molecule has 0 bridgehead atoms. The summed E-state index contributed by atoms with van der Waals surface area (Å²) < 4.78 is 25.5. The number of nitrogens with zero attached hydrogens (tertiary/aromatic N) is 1. The van der Waals surface area contributed by atoms with E-state index in [0.717, 1.165) is 22.3 Å². The predicted molar refractivity (Wildman–Crippen MR) is 155 cm³/mol. The fourth-order valence-corrected chi connectivity index (χ4v) is 4.90. The van der Waals surface area contributed by atoms with E-state index in [4.69, 9.17) is 18.9 Å². The molecular weight excluding hydrogens is 514 g/mol. The van der Waals surface area contributed by atoms with E-state index in [9.17, 15) is 10.1 Å². The van der Waals surface area contributed by atoms with Gasteiger partial charge in [-0.2, -0.15) is 5.26 Å². The van der Waals surface area contributed by atoms with Gasteiger partial charge in [0.2, 0.25) is 0 Å². The molecule has 0 aliphatic carbocycles. The first-order valence-electron chi connectivity index (χ1n) is 13.7. The normalized spacial score (nSPS) is 22.1. The number of carbonyl (C=O) groups excluding carboxylic acids is 1. The minimum absolute atomic E-state index is 0.236. The number of hydrogen-bond donors (Lipinski definition) is 0. The van der Waals surface area contributed by atoms with Crippen molar-refractivity contribution in [3.8, 4) is 6.07 Å². The fraction of sp³-hybridized carbons (Fsp3) is 0.257. The summed E-state index contributed by atoms with van der Waals surface area (Å²) in [5.41, 5.74) is 4.37. The van der Waals surface area contributed by atoms with E-state index in [1.165, 1.54) is 0 Å². The van der Waals surface area contributed by atoms with Crippen molar-refractivity contribution in [2.75, 3.05) is 0 Å². The molecule has 4 aromatic rings. The van der Waals surface area contributed by atoms with Gasteiger partial charge in [-0.1, -0.05) is 121 Å². The summed E-state index contributed by atoms with van der Waals surface area (Å²) in [5, 5.41) is 10.2. The third-order valence-corrected chi connectivity index (χ3v) is 7.12. The van der Waals surface area contributed by atoms with Gasteiger partial charge in [-0.05, 0) is 23.6 Å². The molecule has 5 atom stereocenters. The molecule has 6 nitrogen and oxygen atoms in total. The minimum Gasteiger partial charge on any atom is -0.368 e. The Hall–Kier alpha value is -4.12. The van der Waals surface area contributed by atoms with Crippen LogP contribution in [0.5, 0.6) is 0 Å². The maximum Gasteiger partial charge on any atom is 0.194 e. The van der Waals surface area contributed by atoms with Gasteiger partial charge in [-0.3, -0.25) is 4.79 Å². The lowest BCUT2D eigenvalue weighted by Gasteiger charge is -2.43. The molecule has 0 saturated carbocycles. The highest BCUT2D eigenvalue weighted by atomic mass is 16.6. The van der Waals surface area contributed by atoms with Gasteiger partial charge in [0.1, 0.15) is 18.3 Å². The summed E-state index contributed by atoms with van der Waals surface area (Å²) in [6, 6.07) is 38.7. The Morgan fingerprint density at radius 3 is 1.56 bits per heavy atom. The monoisotopic (exact) mass is 547 g/mol. The second kappa shape index (κ2) is 14.0. The lowest BCUT2D eigenvalue weighted by molar-refractivity contribution is -0.242. The first-order valence-corrected chi connectivity index (χ1v) is 13.7. The molecular formula is C35H33NO5. The van der Waals surface area contributed by atoms with Crippen LogP contribution in [-0.4, -0.2) is 36.3 Å². The molecule has 0 N–H and O–H groups in total. The Bertz CT molecular complexity index is 1420. The van der Waals surface area contributed by atoms with Gasteiger partial charge < -0.3 is 18.9 Å². The third-order valence-electron chi connectivity index (χ3n) is 7.12. The smallest absolute Gasteiger partial charge is 0.194 e. The molecule has 1 aliphatic heterocycles. The maximum absolute atomic E-state index is 13.9. The average molecular weight is 548 g/mol. The molecule has 208 valence electrons. The molecule has 1 heterocycles. The number of hydrogen-bond acceptors (Lipinski definition) is 6. The summed E-state index contributed by atoms with van der Waals surface area (Å²) in [6.07, 6.45) is -4.51. The molecule has 0 amide bonds. The molecule has 1 saturated heterocycles. The van der Waals surface area contributed by atoms with E-state index < -0.39 is 30.5 Å². The highest BCUT2D eigenvalue weighted by molar-refractivity contribution is 6.00. The second-order valence-electron chi connectivity index (χ2n) is 10.1. The molecule has 4 aromatic carbocycles. The number of ketones is 1. The Kier molecular flexibility index (Phi) is 9.69. The zero-order valence-electron chi connectivity index (χ0n) is 23.0. The minimum atomic E-state index is -1.07. The summed E-state index contributed by atoms with van der Waals surface area (Å²) in [5.74, 6) is -0.266. The summed E-state index contributed by atoms with van der Waals surface area (Å²) in [6.45, 7) is 2.71. The number of nitriles is 1. The van der Waals surface area contributed by atoms with Crippen LogP contribution in [0.15, 0.2) is 115 Å². The highest BCUT2D eigenvalue weighted by Crippen LogP contribution is 2.32. The molecule has 41 heavy (non-hydrogen) atoms. The van der Waals surface area contributed by atoms with Crippen LogP contribution in [0, 0.1) is 18.3 Å². The number of Topliss-reactive ketones (excluding diaryl/α,β-unsaturated/α-hetero) is 1. The molecule has 6 heteroatoms. The third kappa shape index (κ3) is 7.35. The van der Waals surface area contributed by atoms with Gasteiger partial charge >= 0.3 is 0 Å². The number of benzene rings is 4.